The van der Waals surface area contributed by atoms with Crippen LogP contribution in [0.25, 0.3) is 22.0 Å². The van der Waals surface area contributed by atoms with Crippen molar-refractivity contribution < 1.29 is 0 Å². The zero-order valence-electron chi connectivity index (χ0n) is 16.7. The van der Waals surface area contributed by atoms with Gasteiger partial charge in [0.2, 0.25) is 0 Å². The smallest absolute Gasteiger partial charge is 0.0650 e. The van der Waals surface area contributed by atoms with E-state index in [1.165, 1.54) is 53.6 Å². The van der Waals surface area contributed by atoms with E-state index in [4.69, 9.17) is 0 Å². The molecule has 1 N–H and O–H groups in total. The third-order valence-electron chi connectivity index (χ3n) is 6.10. The molecule has 29 heavy (non-hydrogen) atoms. The maximum Gasteiger partial charge on any atom is 0.0650 e. The molecule has 0 saturated carbocycles. The minimum Gasteiger partial charge on any atom is -0.299 e. The van der Waals surface area contributed by atoms with Gasteiger partial charge in [-0.3, -0.25) is 10.00 Å². The number of H-pyrrole nitrogens is 1. The van der Waals surface area contributed by atoms with Crippen molar-refractivity contribution in [3.63, 3.8) is 0 Å². The van der Waals surface area contributed by atoms with E-state index in [0.29, 0.717) is 0 Å². The van der Waals surface area contributed by atoms with Crippen LogP contribution in [0.2, 0.25) is 0 Å². The zero-order valence-corrected chi connectivity index (χ0v) is 16.7. The van der Waals surface area contributed by atoms with Crippen molar-refractivity contribution in [2.75, 3.05) is 13.1 Å². The largest absolute Gasteiger partial charge is 0.299 e. The van der Waals surface area contributed by atoms with Crippen molar-refractivity contribution in [1.29, 1.82) is 0 Å². The van der Waals surface area contributed by atoms with Gasteiger partial charge < -0.3 is 0 Å². The predicted octanol–water partition coefficient (Wildman–Crippen LogP) is 5.68. The van der Waals surface area contributed by atoms with Gasteiger partial charge in [0.25, 0.3) is 0 Å². The lowest BCUT2D eigenvalue weighted by molar-refractivity contribution is 0.167. The van der Waals surface area contributed by atoms with Crippen LogP contribution in [0.5, 0.6) is 0 Å². The van der Waals surface area contributed by atoms with Gasteiger partial charge in [0, 0.05) is 18.5 Å². The number of hydrogen-bond donors (Lipinski definition) is 1. The molecule has 4 aromatic rings. The average molecular weight is 382 g/mol. The molecule has 1 atom stereocenters. The van der Waals surface area contributed by atoms with Gasteiger partial charge in [-0.15, -0.1) is 0 Å². The molecule has 3 aromatic carbocycles. The highest BCUT2D eigenvalue weighted by Gasteiger charge is 2.20. The molecule has 2 heterocycles. The third-order valence-corrected chi connectivity index (χ3v) is 6.10. The van der Waals surface area contributed by atoms with Gasteiger partial charge in [-0.1, -0.05) is 60.7 Å². The second-order valence-electron chi connectivity index (χ2n) is 8.30. The molecule has 1 fully saturated rings. The Morgan fingerprint density at radius 2 is 1.69 bits per heavy atom. The standard InChI is InChI=1S/C26H27N3/c1-2-6-23(7-3-1)24-11-8-20(9-12-24)18-29-14-4-5-22(19-29)15-21-10-13-26-25(16-21)17-27-28-26/h1-3,6-13,16-17,22H,4-5,14-15,18-19H2,(H,27,28). The highest BCUT2D eigenvalue weighted by molar-refractivity contribution is 5.78. The van der Waals surface area contributed by atoms with Crippen LogP contribution >= 0.6 is 0 Å². The number of nitrogens with one attached hydrogen (secondary N) is 1. The molecule has 0 aliphatic carbocycles. The number of aromatic amines is 1. The first-order valence-corrected chi connectivity index (χ1v) is 10.6. The molecular weight excluding hydrogens is 354 g/mol. The Morgan fingerprint density at radius 3 is 2.55 bits per heavy atom. The second kappa shape index (κ2) is 8.22. The summed E-state index contributed by atoms with van der Waals surface area (Å²) in [7, 11) is 0. The van der Waals surface area contributed by atoms with Crippen LogP contribution in [0, 0.1) is 5.92 Å². The lowest BCUT2D eigenvalue weighted by Crippen LogP contribution is -2.35. The number of benzene rings is 3. The molecular formula is C26H27N3. The number of hydrogen-bond acceptors (Lipinski definition) is 2. The number of piperidine rings is 1. The van der Waals surface area contributed by atoms with Gasteiger partial charge >= 0.3 is 0 Å². The first kappa shape index (κ1) is 18.1. The summed E-state index contributed by atoms with van der Waals surface area (Å²) in [6.45, 7) is 3.44. The van der Waals surface area contributed by atoms with E-state index >= 15 is 0 Å². The lowest BCUT2D eigenvalue weighted by Gasteiger charge is -2.33. The minimum atomic E-state index is 0.733. The fraction of sp³-hybridized carbons (Fsp3) is 0.269. The number of rotatable bonds is 5. The Hall–Kier alpha value is -2.91. The van der Waals surface area contributed by atoms with Gasteiger partial charge in [-0.05, 0) is 66.1 Å². The number of likely N-dealkylation sites (tertiary alicyclic amines) is 1. The van der Waals surface area contributed by atoms with E-state index < -0.39 is 0 Å². The monoisotopic (exact) mass is 381 g/mol. The van der Waals surface area contributed by atoms with Gasteiger partial charge in [0.05, 0.1) is 11.7 Å². The van der Waals surface area contributed by atoms with E-state index in [2.05, 4.69) is 87.9 Å². The average Bonchev–Trinajstić information content (AvgIpc) is 3.23. The van der Waals surface area contributed by atoms with Crippen LogP contribution in [0.1, 0.15) is 24.0 Å². The molecule has 1 aromatic heterocycles. The molecule has 1 saturated heterocycles. The second-order valence-corrected chi connectivity index (χ2v) is 8.30. The topological polar surface area (TPSA) is 31.9 Å². The summed E-state index contributed by atoms with van der Waals surface area (Å²) < 4.78 is 0. The molecule has 0 bridgehead atoms. The minimum absolute atomic E-state index is 0.733. The highest BCUT2D eigenvalue weighted by Crippen LogP contribution is 2.25. The maximum atomic E-state index is 4.14. The molecule has 0 radical (unpaired) electrons. The number of aromatic nitrogens is 2. The predicted molar refractivity (Wildman–Crippen MR) is 120 cm³/mol. The summed E-state index contributed by atoms with van der Waals surface area (Å²) in [5.74, 6) is 0.733. The molecule has 3 nitrogen and oxygen atoms in total. The number of nitrogens with zero attached hydrogens (tertiary/aromatic N) is 2. The fourth-order valence-corrected chi connectivity index (χ4v) is 4.61. The Kier molecular flexibility index (Phi) is 5.14. The van der Waals surface area contributed by atoms with Crippen LogP contribution < -0.4 is 0 Å². The van der Waals surface area contributed by atoms with E-state index in [1.54, 1.807) is 0 Å². The molecule has 1 aliphatic heterocycles. The van der Waals surface area contributed by atoms with Crippen LogP contribution in [0.15, 0.2) is 79.0 Å². The summed E-state index contributed by atoms with van der Waals surface area (Å²) >= 11 is 0. The van der Waals surface area contributed by atoms with Crippen molar-refractivity contribution in [2.24, 2.45) is 5.92 Å². The van der Waals surface area contributed by atoms with Crippen molar-refractivity contribution in [3.05, 3.63) is 90.1 Å². The molecule has 0 spiro atoms. The summed E-state index contributed by atoms with van der Waals surface area (Å²) in [6, 6.07) is 26.4. The quantitative estimate of drug-likeness (QED) is 0.482. The van der Waals surface area contributed by atoms with Crippen molar-refractivity contribution >= 4 is 10.9 Å². The Bertz CT molecular complexity index is 1070. The first-order valence-electron chi connectivity index (χ1n) is 10.6. The summed E-state index contributed by atoms with van der Waals surface area (Å²) in [4.78, 5) is 2.63. The van der Waals surface area contributed by atoms with Crippen LogP contribution in [-0.2, 0) is 13.0 Å². The van der Waals surface area contributed by atoms with E-state index in [-0.39, 0.29) is 0 Å². The third kappa shape index (κ3) is 4.25. The normalized spacial score (nSPS) is 17.6. The first-order chi connectivity index (χ1) is 14.3. The van der Waals surface area contributed by atoms with Crippen molar-refractivity contribution in [1.82, 2.24) is 15.1 Å². The fourth-order valence-electron chi connectivity index (χ4n) is 4.61. The summed E-state index contributed by atoms with van der Waals surface area (Å²) in [6.07, 6.45) is 5.70. The van der Waals surface area contributed by atoms with Gasteiger partial charge in [0.15, 0.2) is 0 Å². The molecule has 5 rings (SSSR count). The molecule has 146 valence electrons. The van der Waals surface area contributed by atoms with Crippen LogP contribution in [-0.4, -0.2) is 28.2 Å². The zero-order chi connectivity index (χ0) is 19.5. The van der Waals surface area contributed by atoms with Gasteiger partial charge in [-0.25, -0.2) is 0 Å². The van der Waals surface area contributed by atoms with Crippen LogP contribution in [0.4, 0.5) is 0 Å². The summed E-state index contributed by atoms with van der Waals surface area (Å²) in [5.41, 5.74) is 6.54. The highest BCUT2D eigenvalue weighted by atomic mass is 15.1. The Morgan fingerprint density at radius 1 is 0.897 bits per heavy atom. The van der Waals surface area contributed by atoms with Crippen LogP contribution in [0.3, 0.4) is 0 Å². The molecule has 0 amide bonds. The lowest BCUT2D eigenvalue weighted by atomic mass is 9.90. The van der Waals surface area contributed by atoms with Crippen molar-refractivity contribution in [3.8, 4) is 11.1 Å². The van der Waals surface area contributed by atoms with E-state index in [1.807, 2.05) is 6.20 Å². The number of fused-ring (bicyclic) bond motifs is 1. The van der Waals surface area contributed by atoms with Gasteiger partial charge in [-0.2, -0.15) is 5.10 Å². The summed E-state index contributed by atoms with van der Waals surface area (Å²) in [5, 5.41) is 8.40. The molecule has 1 aliphatic rings. The van der Waals surface area contributed by atoms with Crippen molar-refractivity contribution in [2.45, 2.75) is 25.8 Å². The van der Waals surface area contributed by atoms with Gasteiger partial charge in [0.1, 0.15) is 0 Å². The Balaban J connectivity index is 1.21. The molecule has 3 heteroatoms. The maximum absolute atomic E-state index is 4.14. The van der Waals surface area contributed by atoms with E-state index in [0.717, 1.165) is 24.4 Å². The van der Waals surface area contributed by atoms with E-state index in [9.17, 15) is 0 Å². The molecule has 1 unspecified atom stereocenters. The Labute approximate surface area is 172 Å². The SMILES string of the molecule is c1ccc(-c2ccc(CN3CCCC(Cc4ccc5[nH]ncc5c4)C3)cc2)cc1.